The third kappa shape index (κ3) is 509. The van der Waals surface area contributed by atoms with Crippen molar-refractivity contribution >= 4 is 15.6 Å². The van der Waals surface area contributed by atoms with Crippen molar-refractivity contribution in [2.45, 2.75) is 0 Å². The fourth-order valence-corrected chi connectivity index (χ4v) is 0. The van der Waals surface area contributed by atoms with Gasteiger partial charge in [0, 0.05) is 13.1 Å². The first-order chi connectivity index (χ1) is 5.91. The Morgan fingerprint density at radius 3 is 0.706 bits per heavy atom. The van der Waals surface area contributed by atoms with Gasteiger partial charge in [-0.25, -0.2) is 0 Å². The molecule has 0 fully saturated rings. The van der Waals surface area contributed by atoms with Gasteiger partial charge in [0.1, 0.15) is 0 Å². The topological polar surface area (TPSA) is 225 Å². The maximum Gasteiger partial charge on any atom is 2.00 e. The Kier molecular flexibility index (Phi) is 43.6. The second-order valence-corrected chi connectivity index (χ2v) is 3.26. The summed E-state index contributed by atoms with van der Waals surface area (Å²) >= 11 is 0. The third-order valence-corrected chi connectivity index (χ3v) is 0.167. The molecule has 0 aliphatic carbocycles. The molecule has 0 atom stereocenters. The molecule has 0 bridgehead atoms. The van der Waals surface area contributed by atoms with Gasteiger partial charge in [-0.05, 0) is 0 Å². The Balaban J connectivity index is -0.0000000247. The second-order valence-electron chi connectivity index (χ2n) is 1.47. The third-order valence-electron chi connectivity index (χ3n) is 0.167. The first-order valence-electron chi connectivity index (χ1n) is 2.78. The minimum Gasteiger partial charge on any atom is -0.822 e. The summed E-state index contributed by atoms with van der Waals surface area (Å²) in [6, 6.07) is 0. The predicted octanol–water partition coefficient (Wildman–Crippen LogP) is -6.75. The SMILES string of the molecule is NCCN.O=P([O-])([O-])[O-].O=P([O-])([O-])[O-].[Zn+2].[Zn+2].[Zn+2]. The molecule has 17 heavy (non-hydrogen) atoms. The summed E-state index contributed by atoms with van der Waals surface area (Å²) in [5.74, 6) is 0. The minimum atomic E-state index is -5.39. The molecular weight excluding hydrogens is 438 g/mol. The van der Waals surface area contributed by atoms with Crippen LogP contribution in [0.25, 0.3) is 0 Å². The number of hydrogen-bond acceptors (Lipinski definition) is 10. The maximum atomic E-state index is 8.55. The molecule has 90 valence electrons. The van der Waals surface area contributed by atoms with Crippen LogP contribution in [-0.4, -0.2) is 13.1 Å². The molecule has 0 amide bonds. The number of rotatable bonds is 1. The van der Waals surface area contributed by atoms with E-state index in [0.29, 0.717) is 13.1 Å². The van der Waals surface area contributed by atoms with Crippen molar-refractivity contribution in [3.8, 4) is 0 Å². The van der Waals surface area contributed by atoms with E-state index >= 15 is 0 Å². The summed E-state index contributed by atoms with van der Waals surface area (Å²) in [6.45, 7) is 1.19. The van der Waals surface area contributed by atoms with Crippen molar-refractivity contribution in [2.75, 3.05) is 13.1 Å². The summed E-state index contributed by atoms with van der Waals surface area (Å²) < 4.78 is 17.1. The molecule has 0 unspecified atom stereocenters. The number of hydrogen-bond donors (Lipinski definition) is 2. The van der Waals surface area contributed by atoms with Gasteiger partial charge >= 0.3 is 58.4 Å². The quantitative estimate of drug-likeness (QED) is 0.286. The van der Waals surface area contributed by atoms with E-state index < -0.39 is 15.6 Å². The van der Waals surface area contributed by atoms with E-state index in [1.807, 2.05) is 0 Å². The van der Waals surface area contributed by atoms with Gasteiger partial charge in [-0.3, -0.25) is 0 Å². The summed E-state index contributed by atoms with van der Waals surface area (Å²) in [5.41, 5.74) is 9.81. The van der Waals surface area contributed by atoms with Crippen LogP contribution in [0.4, 0.5) is 0 Å². The van der Waals surface area contributed by atoms with Gasteiger partial charge in [-0.1, -0.05) is 0 Å². The van der Waals surface area contributed by atoms with Gasteiger partial charge in [-0.2, -0.15) is 15.6 Å². The zero-order valence-corrected chi connectivity index (χ0v) is 19.5. The van der Waals surface area contributed by atoms with Crippen molar-refractivity contribution < 1.29 is 96.9 Å². The Labute approximate surface area is 136 Å². The van der Waals surface area contributed by atoms with E-state index in [1.54, 1.807) is 0 Å². The van der Waals surface area contributed by atoms with Crippen LogP contribution in [0.2, 0.25) is 0 Å². The van der Waals surface area contributed by atoms with Crippen LogP contribution in [0.3, 0.4) is 0 Å². The van der Waals surface area contributed by atoms with E-state index in [0.717, 1.165) is 0 Å². The molecule has 0 aromatic rings. The van der Waals surface area contributed by atoms with Crippen LogP contribution in [0.5, 0.6) is 0 Å². The Bertz CT molecular complexity index is 168. The minimum absolute atomic E-state index is 0. The average molecular weight is 446 g/mol. The summed E-state index contributed by atoms with van der Waals surface area (Å²) in [4.78, 5) is 51.3. The molecular formula is C2H8N2O8P2Zn3. The van der Waals surface area contributed by atoms with Gasteiger partial charge in [0.2, 0.25) is 0 Å². The molecule has 0 saturated carbocycles. The van der Waals surface area contributed by atoms with Crippen molar-refractivity contribution in [3.63, 3.8) is 0 Å². The maximum absolute atomic E-state index is 8.55. The van der Waals surface area contributed by atoms with E-state index in [1.165, 1.54) is 0 Å². The van der Waals surface area contributed by atoms with Crippen LogP contribution < -0.4 is 40.8 Å². The molecule has 0 aromatic carbocycles. The molecule has 0 aliphatic rings. The molecule has 0 aliphatic heterocycles. The van der Waals surface area contributed by atoms with Gasteiger partial charge < -0.3 is 50.0 Å². The fraction of sp³-hybridized carbons (Fsp3) is 1.00. The van der Waals surface area contributed by atoms with Crippen LogP contribution in [0, 0.1) is 0 Å². The Morgan fingerprint density at radius 1 is 0.647 bits per heavy atom. The molecule has 0 heterocycles. The zero-order valence-electron chi connectivity index (χ0n) is 8.85. The molecule has 4 N–H and O–H groups in total. The molecule has 15 heteroatoms. The molecule has 0 rings (SSSR count). The molecule has 0 radical (unpaired) electrons. The Hall–Kier alpha value is 2.01. The van der Waals surface area contributed by atoms with Crippen molar-refractivity contribution in [3.05, 3.63) is 0 Å². The van der Waals surface area contributed by atoms with Crippen molar-refractivity contribution in [1.29, 1.82) is 0 Å². The largest absolute Gasteiger partial charge is 2.00 e. The van der Waals surface area contributed by atoms with E-state index in [-0.39, 0.29) is 58.4 Å². The monoisotopic (exact) mass is 442 g/mol. The molecule has 0 aromatic heterocycles. The second kappa shape index (κ2) is 20.3. The first-order valence-corrected chi connectivity index (χ1v) is 5.70. The van der Waals surface area contributed by atoms with Crippen molar-refractivity contribution in [2.24, 2.45) is 11.5 Å². The molecule has 0 saturated heterocycles. The first kappa shape index (κ1) is 36.4. The average Bonchev–Trinajstić information content (AvgIpc) is 1.79. The van der Waals surface area contributed by atoms with Gasteiger partial charge in [0.25, 0.3) is 0 Å². The van der Waals surface area contributed by atoms with Crippen LogP contribution in [-0.2, 0) is 67.6 Å². The van der Waals surface area contributed by atoms with Crippen LogP contribution >= 0.6 is 15.6 Å². The van der Waals surface area contributed by atoms with Gasteiger partial charge in [-0.15, -0.1) is 0 Å². The predicted molar refractivity (Wildman–Crippen MR) is 33.3 cm³/mol. The van der Waals surface area contributed by atoms with E-state index in [9.17, 15) is 0 Å². The standard InChI is InChI=1S/C2H8N2.2H3O4P.3Zn/c3-1-2-4;2*1-5(2,3)4;;;/h1-4H2;2*(H3,1,2,3,4);;;/q;;;3*+2/p-6. The van der Waals surface area contributed by atoms with Crippen LogP contribution in [0.1, 0.15) is 0 Å². The van der Waals surface area contributed by atoms with Gasteiger partial charge in [0.05, 0.1) is 0 Å². The normalized spacial score (nSPS) is 8.71. The van der Waals surface area contributed by atoms with Crippen LogP contribution in [0.15, 0.2) is 0 Å². The summed E-state index contributed by atoms with van der Waals surface area (Å²) in [7, 11) is -10.8. The van der Waals surface area contributed by atoms with Crippen molar-refractivity contribution in [1.82, 2.24) is 0 Å². The Morgan fingerprint density at radius 2 is 0.706 bits per heavy atom. The van der Waals surface area contributed by atoms with E-state index in [4.69, 9.17) is 50.0 Å². The van der Waals surface area contributed by atoms with E-state index in [2.05, 4.69) is 0 Å². The molecule has 0 spiro atoms. The summed E-state index contributed by atoms with van der Waals surface area (Å²) in [5, 5.41) is 0. The summed E-state index contributed by atoms with van der Waals surface area (Å²) in [6.07, 6.45) is 0. The zero-order chi connectivity index (χ0) is 12.4. The smallest absolute Gasteiger partial charge is 0.822 e. The van der Waals surface area contributed by atoms with Gasteiger partial charge in [0.15, 0.2) is 0 Å². The number of phosphoric acid groups is 2. The molecule has 10 nitrogen and oxygen atoms in total. The number of nitrogens with two attached hydrogens (primary N) is 2. The fourth-order valence-electron chi connectivity index (χ4n) is 0.